The quantitative estimate of drug-likeness (QED) is 0.200. The number of nitrogens with zero attached hydrogens (tertiary/aromatic N) is 2. The van der Waals surface area contributed by atoms with E-state index in [0.717, 1.165) is 66.1 Å². The highest BCUT2D eigenvalue weighted by atomic mass is 16.3. The third-order valence-corrected chi connectivity index (χ3v) is 8.71. The molecule has 0 aliphatic carbocycles. The Bertz CT molecular complexity index is 2660. The van der Waals surface area contributed by atoms with Crippen LogP contribution in [0.4, 0.5) is 5.69 Å². The van der Waals surface area contributed by atoms with Crippen LogP contribution in [0, 0.1) is 20.4 Å². The van der Waals surface area contributed by atoms with Gasteiger partial charge in [-0.15, -0.1) is 0 Å². The maximum Gasteiger partial charge on any atom is 0.230 e. The minimum absolute atomic E-state index is 0.494. The van der Waals surface area contributed by atoms with E-state index < -0.39 is 0 Å². The van der Waals surface area contributed by atoms with Gasteiger partial charge >= 0.3 is 0 Å². The van der Waals surface area contributed by atoms with Gasteiger partial charge < -0.3 is 13.4 Å². The summed E-state index contributed by atoms with van der Waals surface area (Å²) in [6.45, 7) is 12.3. The molecule has 0 atom stereocenters. The third kappa shape index (κ3) is 3.37. The van der Waals surface area contributed by atoms with Gasteiger partial charge in [-0.05, 0) is 85.1 Å². The largest absolute Gasteiger partial charge is 0.465 e. The van der Waals surface area contributed by atoms with Crippen LogP contribution in [0.5, 0.6) is 0 Å². The van der Waals surface area contributed by atoms with E-state index in [1.165, 1.54) is 21.9 Å². The summed E-state index contributed by atoms with van der Waals surface area (Å²) in [6.07, 6.45) is 0. The van der Waals surface area contributed by atoms with E-state index in [9.17, 15) is 0 Å². The second-order valence-electron chi connectivity index (χ2n) is 11.4. The number of aryl methyl sites for hydroxylation is 2. The van der Waals surface area contributed by atoms with E-state index in [0.29, 0.717) is 11.3 Å². The van der Waals surface area contributed by atoms with E-state index in [1.807, 2.05) is 24.3 Å². The molecule has 43 heavy (non-hydrogen) atoms. The molecule has 0 saturated carbocycles. The standard InChI is InChI=1S/C39H24N2O2/c1-22-12-16-33-30(17-22)26-14-11-23(2)18-35(26)41(33)34-9-6-8-29-31-19-25(20-32(40-3)38(31)43-39(29)34)24-13-15-28-27-7-4-5-10-36(27)42-37(28)21-24/h4-21H,1-2H3. The molecular formula is C39H24N2O2. The number of furan rings is 2. The van der Waals surface area contributed by atoms with E-state index in [2.05, 4.69) is 108 Å². The van der Waals surface area contributed by atoms with Crippen LogP contribution < -0.4 is 0 Å². The van der Waals surface area contributed by atoms with Crippen LogP contribution in [-0.2, 0) is 0 Å². The summed E-state index contributed by atoms with van der Waals surface area (Å²) in [5.74, 6) is 0. The fraction of sp³-hybridized carbons (Fsp3) is 0.0513. The van der Waals surface area contributed by atoms with Crippen molar-refractivity contribution < 1.29 is 8.83 Å². The van der Waals surface area contributed by atoms with Gasteiger partial charge in [0.15, 0.2) is 5.58 Å². The summed E-state index contributed by atoms with van der Waals surface area (Å²) in [5.41, 5.74) is 11.2. The molecule has 0 saturated heterocycles. The van der Waals surface area contributed by atoms with Crippen molar-refractivity contribution in [2.75, 3.05) is 0 Å². The summed E-state index contributed by atoms with van der Waals surface area (Å²) >= 11 is 0. The molecule has 0 unspecified atom stereocenters. The molecule has 0 amide bonds. The van der Waals surface area contributed by atoms with Crippen LogP contribution in [0.25, 0.3) is 87.3 Å². The molecular weight excluding hydrogens is 528 g/mol. The maximum absolute atomic E-state index is 8.06. The average molecular weight is 553 g/mol. The van der Waals surface area contributed by atoms with Gasteiger partial charge in [0, 0.05) is 32.3 Å². The summed E-state index contributed by atoms with van der Waals surface area (Å²) < 4.78 is 15.1. The normalized spacial score (nSPS) is 11.9. The van der Waals surface area contributed by atoms with Crippen molar-refractivity contribution in [3.05, 3.63) is 132 Å². The van der Waals surface area contributed by atoms with Crippen molar-refractivity contribution in [3.63, 3.8) is 0 Å². The molecule has 0 fully saturated rings. The fourth-order valence-corrected chi connectivity index (χ4v) is 6.70. The molecule has 3 heterocycles. The summed E-state index contributed by atoms with van der Waals surface area (Å²) in [5, 5.41) is 6.53. The Morgan fingerprint density at radius 3 is 2.23 bits per heavy atom. The Morgan fingerprint density at radius 1 is 0.535 bits per heavy atom. The summed E-state index contributed by atoms with van der Waals surface area (Å²) in [4.78, 5) is 3.92. The summed E-state index contributed by atoms with van der Waals surface area (Å²) in [7, 11) is 0. The van der Waals surface area contributed by atoms with Crippen molar-refractivity contribution in [3.8, 4) is 16.8 Å². The topological polar surface area (TPSA) is 35.6 Å². The van der Waals surface area contributed by atoms with Crippen LogP contribution in [0.2, 0.25) is 0 Å². The van der Waals surface area contributed by atoms with Crippen LogP contribution in [0.1, 0.15) is 11.1 Å². The van der Waals surface area contributed by atoms with E-state index in [1.54, 1.807) is 0 Å². The fourth-order valence-electron chi connectivity index (χ4n) is 6.70. The van der Waals surface area contributed by atoms with Crippen LogP contribution in [0.15, 0.2) is 118 Å². The molecule has 0 bridgehead atoms. The lowest BCUT2D eigenvalue weighted by Gasteiger charge is -2.09. The average Bonchev–Trinajstić information content (AvgIpc) is 3.69. The van der Waals surface area contributed by atoms with Crippen molar-refractivity contribution in [1.29, 1.82) is 0 Å². The highest BCUT2D eigenvalue weighted by Crippen LogP contribution is 2.43. The van der Waals surface area contributed by atoms with Gasteiger partial charge in [0.25, 0.3) is 0 Å². The van der Waals surface area contributed by atoms with Gasteiger partial charge in [-0.3, -0.25) is 0 Å². The molecule has 0 aliphatic rings. The van der Waals surface area contributed by atoms with Crippen LogP contribution >= 0.6 is 0 Å². The first kappa shape index (κ1) is 23.9. The number of hydrogen-bond donors (Lipinski definition) is 0. The first-order valence-electron chi connectivity index (χ1n) is 14.4. The lowest BCUT2D eigenvalue weighted by Crippen LogP contribution is -1.94. The smallest absolute Gasteiger partial charge is 0.230 e. The highest BCUT2D eigenvalue weighted by molar-refractivity contribution is 6.15. The number of hydrogen-bond acceptors (Lipinski definition) is 2. The zero-order chi connectivity index (χ0) is 28.8. The molecule has 0 aliphatic heterocycles. The zero-order valence-electron chi connectivity index (χ0n) is 23.6. The van der Waals surface area contributed by atoms with Crippen molar-refractivity contribution >= 4 is 71.4 Å². The molecule has 9 aromatic rings. The van der Waals surface area contributed by atoms with Gasteiger partial charge in [0.2, 0.25) is 5.69 Å². The lowest BCUT2D eigenvalue weighted by molar-refractivity contribution is 0.668. The number of aromatic nitrogens is 1. The van der Waals surface area contributed by atoms with Gasteiger partial charge in [0.1, 0.15) is 16.7 Å². The minimum atomic E-state index is 0.494. The number of para-hydroxylation sites is 2. The molecule has 0 radical (unpaired) electrons. The van der Waals surface area contributed by atoms with Crippen LogP contribution in [-0.4, -0.2) is 4.57 Å². The predicted octanol–water partition coefficient (Wildman–Crippen LogP) is 11.4. The number of rotatable bonds is 2. The van der Waals surface area contributed by atoms with Gasteiger partial charge in [-0.2, -0.15) is 0 Å². The molecule has 0 N–H and O–H groups in total. The Labute approximate surface area is 246 Å². The molecule has 4 nitrogen and oxygen atoms in total. The Balaban J connectivity index is 1.31. The van der Waals surface area contributed by atoms with Crippen molar-refractivity contribution in [2.45, 2.75) is 13.8 Å². The molecule has 6 aromatic carbocycles. The molecule has 3 aromatic heterocycles. The van der Waals surface area contributed by atoms with Crippen molar-refractivity contribution in [1.82, 2.24) is 4.57 Å². The van der Waals surface area contributed by atoms with Gasteiger partial charge in [0.05, 0.1) is 23.3 Å². The Morgan fingerprint density at radius 2 is 1.33 bits per heavy atom. The highest BCUT2D eigenvalue weighted by Gasteiger charge is 2.20. The minimum Gasteiger partial charge on any atom is -0.465 e. The van der Waals surface area contributed by atoms with Gasteiger partial charge in [-0.25, -0.2) is 4.85 Å². The first-order valence-corrected chi connectivity index (χ1v) is 14.4. The molecule has 4 heteroatoms. The molecule has 9 rings (SSSR count). The molecule has 0 spiro atoms. The zero-order valence-corrected chi connectivity index (χ0v) is 23.6. The summed E-state index contributed by atoms with van der Waals surface area (Å²) in [6, 6.07) is 38.0. The Kier molecular flexibility index (Phi) is 4.78. The predicted molar refractivity (Wildman–Crippen MR) is 177 cm³/mol. The van der Waals surface area contributed by atoms with Gasteiger partial charge in [-0.1, -0.05) is 60.2 Å². The molecule has 202 valence electrons. The number of benzene rings is 6. The SMILES string of the molecule is [C-]#[N+]c1cc(-c2ccc3c(c2)oc2ccccc23)cc2c1oc1c(-n3c4ccc(C)cc4c4ccc(C)cc43)cccc12. The van der Waals surface area contributed by atoms with Crippen molar-refractivity contribution in [2.24, 2.45) is 0 Å². The Hall–Kier alpha value is -5.79. The number of fused-ring (bicyclic) bond motifs is 9. The second-order valence-corrected chi connectivity index (χ2v) is 11.4. The second kappa shape index (κ2) is 8.61. The lowest BCUT2D eigenvalue weighted by atomic mass is 10.00. The third-order valence-electron chi connectivity index (χ3n) is 8.71. The monoisotopic (exact) mass is 552 g/mol. The van der Waals surface area contributed by atoms with E-state index >= 15 is 0 Å². The van der Waals surface area contributed by atoms with E-state index in [4.69, 9.17) is 15.4 Å². The van der Waals surface area contributed by atoms with Crippen LogP contribution in [0.3, 0.4) is 0 Å². The van der Waals surface area contributed by atoms with E-state index in [-0.39, 0.29) is 0 Å². The first-order chi connectivity index (χ1) is 21.1. The maximum atomic E-state index is 8.06.